The van der Waals surface area contributed by atoms with Crippen LogP contribution >= 0.6 is 0 Å². The lowest BCUT2D eigenvalue weighted by Crippen LogP contribution is -2.31. The summed E-state index contributed by atoms with van der Waals surface area (Å²) in [6.45, 7) is 5.42. The van der Waals surface area contributed by atoms with Gasteiger partial charge in [0, 0.05) is 12.2 Å². The topological polar surface area (TPSA) is 90.5 Å². The molecule has 1 N–H and O–H groups in total. The van der Waals surface area contributed by atoms with E-state index in [0.717, 1.165) is 11.1 Å². The number of anilines is 1. The van der Waals surface area contributed by atoms with Crippen LogP contribution in [0, 0.1) is 13.8 Å². The van der Waals surface area contributed by atoms with Crippen LogP contribution < -0.4 is 11.1 Å². The van der Waals surface area contributed by atoms with Crippen molar-refractivity contribution in [3.63, 3.8) is 0 Å². The molecule has 2 aromatic carbocycles. The van der Waals surface area contributed by atoms with E-state index in [1.54, 1.807) is 24.3 Å². The normalized spacial score (nSPS) is 12.0. The summed E-state index contributed by atoms with van der Waals surface area (Å²) in [5.74, 6) is -1.51. The number of aromatic nitrogens is 1. The zero-order chi connectivity index (χ0) is 20.3. The number of para-hydroxylation sites is 3. The maximum Gasteiger partial charge on any atom is 0.419 e. The van der Waals surface area contributed by atoms with Gasteiger partial charge in [0.2, 0.25) is 0 Å². The predicted molar refractivity (Wildman–Crippen MR) is 105 cm³/mol. The van der Waals surface area contributed by atoms with Gasteiger partial charge in [0.05, 0.1) is 11.9 Å². The molecule has 1 heterocycles. The van der Waals surface area contributed by atoms with Crippen LogP contribution in [0.1, 0.15) is 24.5 Å². The first-order valence-corrected chi connectivity index (χ1v) is 9.01. The third kappa shape index (κ3) is 4.14. The Morgan fingerprint density at radius 1 is 1.11 bits per heavy atom. The van der Waals surface area contributed by atoms with Gasteiger partial charge in [-0.1, -0.05) is 30.3 Å². The van der Waals surface area contributed by atoms with Gasteiger partial charge in [-0.3, -0.25) is 14.2 Å². The minimum absolute atomic E-state index is 0.0511. The molecule has 28 heavy (non-hydrogen) atoms. The Labute approximate surface area is 161 Å². The molecule has 0 saturated heterocycles. The first-order valence-electron chi connectivity index (χ1n) is 9.01. The number of ether oxygens (including phenoxy) is 1. The Kier molecular flexibility index (Phi) is 5.63. The molecule has 7 heteroatoms. The molecule has 7 nitrogen and oxygen atoms in total. The Balaban J connectivity index is 1.59. The van der Waals surface area contributed by atoms with E-state index in [9.17, 15) is 14.4 Å². The molecular formula is C21H22N2O5. The molecule has 0 spiro atoms. The highest BCUT2D eigenvalue weighted by Gasteiger charge is 2.20. The van der Waals surface area contributed by atoms with E-state index < -0.39 is 23.7 Å². The molecular weight excluding hydrogens is 360 g/mol. The molecule has 0 aliphatic heterocycles. The third-order valence-electron chi connectivity index (χ3n) is 4.52. The van der Waals surface area contributed by atoms with Crippen molar-refractivity contribution in [1.29, 1.82) is 0 Å². The number of nitrogens with one attached hydrogen (secondary N) is 1. The van der Waals surface area contributed by atoms with Crippen LogP contribution in [0.15, 0.2) is 51.7 Å². The molecule has 146 valence electrons. The second kappa shape index (κ2) is 8.12. The van der Waals surface area contributed by atoms with E-state index in [2.05, 4.69) is 5.32 Å². The molecule has 3 rings (SSSR count). The zero-order valence-corrected chi connectivity index (χ0v) is 16.0. The van der Waals surface area contributed by atoms with Gasteiger partial charge in [-0.15, -0.1) is 0 Å². The number of nitrogens with zero attached hydrogens (tertiary/aromatic N) is 1. The number of esters is 1. The summed E-state index contributed by atoms with van der Waals surface area (Å²) in [6.07, 6.45) is -1.01. The van der Waals surface area contributed by atoms with Crippen molar-refractivity contribution in [3.8, 4) is 0 Å². The third-order valence-corrected chi connectivity index (χ3v) is 4.52. The van der Waals surface area contributed by atoms with E-state index >= 15 is 0 Å². The Morgan fingerprint density at radius 3 is 2.50 bits per heavy atom. The quantitative estimate of drug-likeness (QED) is 0.661. The molecule has 3 aromatic rings. The van der Waals surface area contributed by atoms with Crippen LogP contribution in [0.5, 0.6) is 0 Å². The van der Waals surface area contributed by atoms with Gasteiger partial charge in [-0.05, 0) is 44.0 Å². The summed E-state index contributed by atoms with van der Waals surface area (Å²) >= 11 is 0. The van der Waals surface area contributed by atoms with E-state index in [1.807, 2.05) is 32.0 Å². The van der Waals surface area contributed by atoms with Gasteiger partial charge in [-0.2, -0.15) is 0 Å². The first-order chi connectivity index (χ1) is 13.4. The largest absolute Gasteiger partial charge is 0.452 e. The van der Waals surface area contributed by atoms with Crippen LogP contribution in [0.4, 0.5) is 5.69 Å². The average molecular weight is 382 g/mol. The summed E-state index contributed by atoms with van der Waals surface area (Å²) in [5.41, 5.74) is 3.64. The molecule has 0 aliphatic carbocycles. The summed E-state index contributed by atoms with van der Waals surface area (Å²) in [5, 5.41) is 2.80. The Hall–Kier alpha value is -3.35. The lowest BCUT2D eigenvalue weighted by atomic mass is 10.1. The van der Waals surface area contributed by atoms with E-state index in [0.29, 0.717) is 16.8 Å². The fraction of sp³-hybridized carbons (Fsp3) is 0.286. The van der Waals surface area contributed by atoms with Crippen molar-refractivity contribution in [1.82, 2.24) is 4.57 Å². The van der Waals surface area contributed by atoms with Crippen molar-refractivity contribution in [2.75, 3.05) is 5.32 Å². The van der Waals surface area contributed by atoms with Crippen molar-refractivity contribution in [3.05, 3.63) is 64.1 Å². The van der Waals surface area contributed by atoms with Gasteiger partial charge >= 0.3 is 11.7 Å². The lowest BCUT2D eigenvalue weighted by Gasteiger charge is -2.16. The minimum Gasteiger partial charge on any atom is -0.452 e. The SMILES string of the molecule is Cc1cccc(C)c1NC(=O)C(C)OC(=O)CCn1c(=O)oc2ccccc21. The van der Waals surface area contributed by atoms with E-state index in [4.69, 9.17) is 9.15 Å². The highest BCUT2D eigenvalue weighted by molar-refractivity contribution is 5.96. The van der Waals surface area contributed by atoms with E-state index in [-0.39, 0.29) is 13.0 Å². The number of carbonyl (C=O) groups excluding carboxylic acids is 2. The number of oxazole rings is 1. The molecule has 1 amide bonds. The number of aryl methyl sites for hydroxylation is 3. The standard InChI is InChI=1S/C21H22N2O5/c1-13-7-6-8-14(2)19(13)22-20(25)15(3)27-18(24)11-12-23-16-9-4-5-10-17(16)28-21(23)26/h4-10,15H,11-12H2,1-3H3,(H,22,25). The van der Waals surface area contributed by atoms with Crippen LogP contribution in [0.25, 0.3) is 11.1 Å². The van der Waals surface area contributed by atoms with Gasteiger partial charge in [0.1, 0.15) is 0 Å². The number of carbonyl (C=O) groups is 2. The maximum absolute atomic E-state index is 12.4. The van der Waals surface area contributed by atoms with Gasteiger partial charge < -0.3 is 14.5 Å². The van der Waals surface area contributed by atoms with Crippen LogP contribution in [0.2, 0.25) is 0 Å². The smallest absolute Gasteiger partial charge is 0.419 e. The van der Waals surface area contributed by atoms with Crippen molar-refractivity contribution < 1.29 is 18.7 Å². The molecule has 0 saturated carbocycles. The molecule has 1 unspecified atom stereocenters. The molecule has 0 radical (unpaired) electrons. The van der Waals surface area contributed by atoms with Crippen molar-refractivity contribution in [2.45, 2.75) is 39.8 Å². The zero-order valence-electron chi connectivity index (χ0n) is 16.0. The summed E-state index contributed by atoms with van der Waals surface area (Å²) in [6, 6.07) is 12.7. The van der Waals surface area contributed by atoms with Crippen molar-refractivity contribution >= 4 is 28.7 Å². The number of hydrogen-bond donors (Lipinski definition) is 1. The van der Waals surface area contributed by atoms with Gasteiger partial charge in [0.25, 0.3) is 5.91 Å². The van der Waals surface area contributed by atoms with E-state index in [1.165, 1.54) is 11.5 Å². The number of hydrogen-bond acceptors (Lipinski definition) is 5. The fourth-order valence-electron chi connectivity index (χ4n) is 2.97. The van der Waals surface area contributed by atoms with Crippen LogP contribution in [-0.2, 0) is 20.9 Å². The second-order valence-corrected chi connectivity index (χ2v) is 6.63. The highest BCUT2D eigenvalue weighted by atomic mass is 16.5. The van der Waals surface area contributed by atoms with Crippen LogP contribution in [0.3, 0.4) is 0 Å². The minimum atomic E-state index is -0.954. The summed E-state index contributed by atoms with van der Waals surface area (Å²) in [4.78, 5) is 36.4. The Morgan fingerprint density at radius 2 is 1.79 bits per heavy atom. The summed E-state index contributed by atoms with van der Waals surface area (Å²) < 4.78 is 11.7. The molecule has 0 bridgehead atoms. The van der Waals surface area contributed by atoms with Gasteiger partial charge in [-0.25, -0.2) is 4.79 Å². The summed E-state index contributed by atoms with van der Waals surface area (Å²) in [7, 11) is 0. The molecule has 0 aliphatic rings. The molecule has 1 atom stereocenters. The second-order valence-electron chi connectivity index (χ2n) is 6.63. The fourth-order valence-corrected chi connectivity index (χ4v) is 2.97. The molecule has 1 aromatic heterocycles. The maximum atomic E-state index is 12.4. The monoisotopic (exact) mass is 382 g/mol. The lowest BCUT2D eigenvalue weighted by molar-refractivity contribution is -0.153. The van der Waals surface area contributed by atoms with Crippen LogP contribution in [-0.4, -0.2) is 22.5 Å². The molecule has 0 fully saturated rings. The highest BCUT2D eigenvalue weighted by Crippen LogP contribution is 2.20. The van der Waals surface area contributed by atoms with Gasteiger partial charge in [0.15, 0.2) is 11.7 Å². The number of fused-ring (bicyclic) bond motifs is 1. The number of rotatable bonds is 6. The average Bonchev–Trinajstić information content (AvgIpc) is 2.98. The number of benzene rings is 2. The Bertz CT molecular complexity index is 1060. The predicted octanol–water partition coefficient (Wildman–Crippen LogP) is 3.17. The number of amides is 1. The van der Waals surface area contributed by atoms with Crippen molar-refractivity contribution in [2.24, 2.45) is 0 Å². The first kappa shape index (κ1) is 19.4.